The maximum Gasteiger partial charge on any atom is 0.374 e. The highest BCUT2D eigenvalue weighted by molar-refractivity contribution is 6.35. The highest BCUT2D eigenvalue weighted by Crippen LogP contribution is 2.19. The predicted octanol–water partition coefficient (Wildman–Crippen LogP) is 2.15. The normalized spacial score (nSPS) is 12.0. The van der Waals surface area contributed by atoms with Gasteiger partial charge in [0.15, 0.2) is 0 Å². The largest absolute Gasteiger partial charge is 0.463 e. The molecule has 0 heterocycles. The predicted molar refractivity (Wildman–Crippen MR) is 61.4 cm³/mol. The van der Waals surface area contributed by atoms with Crippen LogP contribution in [0.15, 0.2) is 18.2 Å². The summed E-state index contributed by atoms with van der Waals surface area (Å²) < 4.78 is 4.42. The standard InChI is InChI=1S/C13H16O3/c1-8-5-6-11(7-9(8)2)10(3)12(14)13(15)16-4/h5-7,10H,1-4H3. The van der Waals surface area contributed by atoms with E-state index in [4.69, 9.17) is 0 Å². The molecule has 0 bridgehead atoms. The van der Waals surface area contributed by atoms with E-state index in [0.29, 0.717) is 0 Å². The molecular weight excluding hydrogens is 204 g/mol. The summed E-state index contributed by atoms with van der Waals surface area (Å²) >= 11 is 0. The second-order valence-electron chi connectivity index (χ2n) is 3.92. The number of methoxy groups -OCH3 is 1. The lowest BCUT2D eigenvalue weighted by atomic mass is 9.94. The van der Waals surface area contributed by atoms with E-state index in [1.807, 2.05) is 32.0 Å². The number of carbonyl (C=O) groups is 2. The third-order valence-electron chi connectivity index (χ3n) is 2.81. The van der Waals surface area contributed by atoms with E-state index in [-0.39, 0.29) is 0 Å². The van der Waals surface area contributed by atoms with Crippen molar-refractivity contribution < 1.29 is 14.3 Å². The highest BCUT2D eigenvalue weighted by atomic mass is 16.5. The number of rotatable bonds is 3. The molecule has 0 saturated heterocycles. The zero-order chi connectivity index (χ0) is 12.3. The van der Waals surface area contributed by atoms with Crippen molar-refractivity contribution in [3.8, 4) is 0 Å². The summed E-state index contributed by atoms with van der Waals surface area (Å²) in [7, 11) is 1.22. The monoisotopic (exact) mass is 220 g/mol. The Hall–Kier alpha value is -1.64. The van der Waals surface area contributed by atoms with Gasteiger partial charge in [-0.25, -0.2) is 4.79 Å². The average molecular weight is 220 g/mol. The molecule has 1 rings (SSSR count). The molecule has 0 amide bonds. The Labute approximate surface area is 95.4 Å². The fourth-order valence-corrected chi connectivity index (χ4v) is 1.46. The minimum absolute atomic E-state index is 0.452. The van der Waals surface area contributed by atoms with Crippen LogP contribution in [-0.2, 0) is 14.3 Å². The van der Waals surface area contributed by atoms with Crippen molar-refractivity contribution in [2.24, 2.45) is 0 Å². The first-order chi connectivity index (χ1) is 7.47. The van der Waals surface area contributed by atoms with Gasteiger partial charge in [0.1, 0.15) is 0 Å². The number of carbonyl (C=O) groups excluding carboxylic acids is 2. The number of ether oxygens (including phenoxy) is 1. The summed E-state index contributed by atoms with van der Waals surface area (Å²) in [4.78, 5) is 22.7. The van der Waals surface area contributed by atoms with Crippen LogP contribution >= 0.6 is 0 Å². The topological polar surface area (TPSA) is 43.4 Å². The molecule has 1 atom stereocenters. The summed E-state index contributed by atoms with van der Waals surface area (Å²) in [5, 5.41) is 0. The Bertz CT molecular complexity index is 421. The van der Waals surface area contributed by atoms with E-state index >= 15 is 0 Å². The van der Waals surface area contributed by atoms with Crippen LogP contribution in [0.25, 0.3) is 0 Å². The molecule has 0 saturated carbocycles. The van der Waals surface area contributed by atoms with Gasteiger partial charge in [-0.15, -0.1) is 0 Å². The number of hydrogen-bond donors (Lipinski definition) is 0. The molecule has 16 heavy (non-hydrogen) atoms. The van der Waals surface area contributed by atoms with E-state index < -0.39 is 17.7 Å². The summed E-state index contributed by atoms with van der Waals surface area (Å²) in [5.41, 5.74) is 3.13. The van der Waals surface area contributed by atoms with E-state index in [9.17, 15) is 9.59 Å². The lowest BCUT2D eigenvalue weighted by molar-refractivity contribution is -0.152. The first-order valence-corrected chi connectivity index (χ1v) is 5.16. The van der Waals surface area contributed by atoms with Gasteiger partial charge in [-0.2, -0.15) is 0 Å². The molecule has 3 heteroatoms. The van der Waals surface area contributed by atoms with Gasteiger partial charge in [-0.05, 0) is 30.5 Å². The second kappa shape index (κ2) is 4.92. The van der Waals surface area contributed by atoms with Crippen LogP contribution in [0.4, 0.5) is 0 Å². The molecule has 0 N–H and O–H groups in total. The van der Waals surface area contributed by atoms with Gasteiger partial charge >= 0.3 is 5.97 Å². The molecule has 0 aliphatic rings. The first-order valence-electron chi connectivity index (χ1n) is 5.16. The van der Waals surface area contributed by atoms with Crippen LogP contribution in [0.2, 0.25) is 0 Å². The van der Waals surface area contributed by atoms with E-state index in [0.717, 1.165) is 11.1 Å². The Morgan fingerprint density at radius 2 is 1.81 bits per heavy atom. The van der Waals surface area contributed by atoms with Crippen molar-refractivity contribution in [2.75, 3.05) is 7.11 Å². The molecule has 0 aromatic heterocycles. The third kappa shape index (κ3) is 2.48. The molecule has 0 radical (unpaired) electrons. The number of Topliss-reactive ketones (excluding diaryl/α,β-unsaturated/α-hetero) is 1. The average Bonchev–Trinajstić information content (AvgIpc) is 2.29. The molecular formula is C13H16O3. The fraction of sp³-hybridized carbons (Fsp3) is 0.385. The van der Waals surface area contributed by atoms with Crippen molar-refractivity contribution in [2.45, 2.75) is 26.7 Å². The van der Waals surface area contributed by atoms with E-state index in [1.165, 1.54) is 12.7 Å². The van der Waals surface area contributed by atoms with E-state index in [2.05, 4.69) is 4.74 Å². The first kappa shape index (κ1) is 12.4. The quantitative estimate of drug-likeness (QED) is 0.579. The maximum absolute atomic E-state index is 11.6. The Kier molecular flexibility index (Phi) is 3.82. The minimum Gasteiger partial charge on any atom is -0.463 e. The van der Waals surface area contributed by atoms with E-state index in [1.54, 1.807) is 6.92 Å². The molecule has 0 aliphatic carbocycles. The molecule has 1 unspecified atom stereocenters. The van der Waals surface area contributed by atoms with Gasteiger partial charge in [0, 0.05) is 0 Å². The molecule has 3 nitrogen and oxygen atoms in total. The van der Waals surface area contributed by atoms with Crippen molar-refractivity contribution >= 4 is 11.8 Å². The lowest BCUT2D eigenvalue weighted by Gasteiger charge is -2.11. The number of hydrogen-bond acceptors (Lipinski definition) is 3. The fourth-order valence-electron chi connectivity index (χ4n) is 1.46. The van der Waals surface area contributed by atoms with Crippen molar-refractivity contribution in [3.05, 3.63) is 34.9 Å². The van der Waals surface area contributed by atoms with Gasteiger partial charge in [0.2, 0.25) is 5.78 Å². The number of ketones is 1. The van der Waals surface area contributed by atoms with Crippen LogP contribution in [0.5, 0.6) is 0 Å². The lowest BCUT2D eigenvalue weighted by Crippen LogP contribution is -2.21. The molecule has 1 aromatic rings. The zero-order valence-electron chi connectivity index (χ0n) is 10.0. The Morgan fingerprint density at radius 1 is 1.19 bits per heavy atom. The Balaban J connectivity index is 2.96. The van der Waals surface area contributed by atoms with Crippen LogP contribution in [0, 0.1) is 13.8 Å². The van der Waals surface area contributed by atoms with Gasteiger partial charge in [0.05, 0.1) is 13.0 Å². The summed E-state index contributed by atoms with van der Waals surface area (Å²) in [6.07, 6.45) is 0. The van der Waals surface area contributed by atoms with Crippen LogP contribution in [0.1, 0.15) is 29.5 Å². The Morgan fingerprint density at radius 3 is 2.31 bits per heavy atom. The van der Waals surface area contributed by atoms with Gasteiger partial charge in [-0.3, -0.25) is 4.79 Å². The van der Waals surface area contributed by atoms with Gasteiger partial charge in [-0.1, -0.05) is 25.1 Å². The van der Waals surface area contributed by atoms with Crippen molar-refractivity contribution in [1.29, 1.82) is 0 Å². The zero-order valence-corrected chi connectivity index (χ0v) is 10.0. The van der Waals surface area contributed by atoms with Crippen LogP contribution in [0.3, 0.4) is 0 Å². The second-order valence-corrected chi connectivity index (χ2v) is 3.92. The minimum atomic E-state index is -0.786. The molecule has 0 aliphatic heterocycles. The van der Waals surface area contributed by atoms with Crippen molar-refractivity contribution in [3.63, 3.8) is 0 Å². The molecule has 86 valence electrons. The number of aryl methyl sites for hydroxylation is 2. The SMILES string of the molecule is COC(=O)C(=O)C(C)c1ccc(C)c(C)c1. The van der Waals surface area contributed by atoms with Gasteiger partial charge < -0.3 is 4.74 Å². The molecule has 0 spiro atoms. The van der Waals surface area contributed by atoms with Crippen LogP contribution in [-0.4, -0.2) is 18.9 Å². The number of benzene rings is 1. The van der Waals surface area contributed by atoms with Gasteiger partial charge in [0.25, 0.3) is 0 Å². The maximum atomic E-state index is 11.6. The summed E-state index contributed by atoms with van der Waals surface area (Å²) in [5.74, 6) is -1.75. The number of esters is 1. The molecule has 0 fully saturated rings. The smallest absolute Gasteiger partial charge is 0.374 e. The third-order valence-corrected chi connectivity index (χ3v) is 2.81. The highest BCUT2D eigenvalue weighted by Gasteiger charge is 2.23. The summed E-state index contributed by atoms with van der Waals surface area (Å²) in [6.45, 7) is 5.70. The summed E-state index contributed by atoms with van der Waals surface area (Å²) in [6, 6.07) is 5.75. The van der Waals surface area contributed by atoms with Crippen LogP contribution < -0.4 is 0 Å². The van der Waals surface area contributed by atoms with Crippen molar-refractivity contribution in [1.82, 2.24) is 0 Å². The molecule has 1 aromatic carbocycles.